The highest BCUT2D eigenvalue weighted by molar-refractivity contribution is 5.86. The molecule has 2 heterocycles. The molecule has 2 atom stereocenters. The number of carboxylic acid groups (broad SMARTS) is 1. The van der Waals surface area contributed by atoms with Crippen LogP contribution < -0.4 is 9.47 Å². The summed E-state index contributed by atoms with van der Waals surface area (Å²) in [6.07, 6.45) is 2.71. The van der Waals surface area contributed by atoms with Crippen molar-refractivity contribution in [2.45, 2.75) is 57.3 Å². The first-order valence-corrected chi connectivity index (χ1v) is 11.0. The second kappa shape index (κ2) is 9.76. The predicted molar refractivity (Wildman–Crippen MR) is 120 cm³/mol. The third kappa shape index (κ3) is 4.79. The molecule has 1 aliphatic carbocycles. The van der Waals surface area contributed by atoms with Crippen molar-refractivity contribution in [1.29, 1.82) is 0 Å². The molecule has 2 unspecified atom stereocenters. The maximum absolute atomic E-state index is 11.5. The zero-order chi connectivity index (χ0) is 23.5. The van der Waals surface area contributed by atoms with Crippen LogP contribution in [0, 0.1) is 6.92 Å². The molecule has 0 spiro atoms. The van der Waals surface area contributed by atoms with Crippen LogP contribution >= 0.6 is 0 Å². The minimum absolute atomic E-state index is 0.0214. The number of hydrogen-bond acceptors (Lipinski definition) is 7. The molecule has 2 N–H and O–H groups in total. The Morgan fingerprint density at radius 3 is 2.45 bits per heavy atom. The van der Waals surface area contributed by atoms with Crippen LogP contribution in [0.4, 0.5) is 0 Å². The van der Waals surface area contributed by atoms with E-state index in [2.05, 4.69) is 10.1 Å². The summed E-state index contributed by atoms with van der Waals surface area (Å²) < 4.78 is 18.6. The molecule has 0 saturated heterocycles. The van der Waals surface area contributed by atoms with Crippen LogP contribution in [0.5, 0.6) is 11.5 Å². The number of ether oxygens (including phenoxy) is 3. The van der Waals surface area contributed by atoms with Gasteiger partial charge in [0.15, 0.2) is 17.2 Å². The van der Waals surface area contributed by atoms with E-state index >= 15 is 0 Å². The Bertz CT molecular complexity index is 1110. The second-order valence-corrected chi connectivity index (χ2v) is 8.29. The topological polar surface area (TPSA) is 115 Å². The number of benzene rings is 1. The summed E-state index contributed by atoms with van der Waals surface area (Å²) in [6, 6.07) is 8.37. The zero-order valence-corrected chi connectivity index (χ0v) is 19.0. The fourth-order valence-electron chi connectivity index (χ4n) is 4.38. The van der Waals surface area contributed by atoms with Gasteiger partial charge in [-0.1, -0.05) is 18.9 Å². The average Bonchev–Trinajstić information content (AvgIpc) is 3.47. The van der Waals surface area contributed by atoms with Crippen molar-refractivity contribution >= 4 is 11.6 Å². The summed E-state index contributed by atoms with van der Waals surface area (Å²) in [7, 11) is 3.15. The molecule has 0 amide bonds. The molecule has 33 heavy (non-hydrogen) atoms. The SMILES string of the molecule is COc1cc(C(O)C(Cc2nc3cccc(C(=O)O)n3n2)OC2CCCC2)cc(OC)c1C. The van der Waals surface area contributed by atoms with Gasteiger partial charge in [0, 0.05) is 12.0 Å². The van der Waals surface area contributed by atoms with Crippen molar-refractivity contribution in [3.8, 4) is 11.5 Å². The van der Waals surface area contributed by atoms with E-state index in [9.17, 15) is 15.0 Å². The summed E-state index contributed by atoms with van der Waals surface area (Å²) in [5, 5.41) is 25.2. The van der Waals surface area contributed by atoms with Gasteiger partial charge in [-0.15, -0.1) is 0 Å². The van der Waals surface area contributed by atoms with Gasteiger partial charge in [-0.05, 0) is 49.6 Å². The van der Waals surface area contributed by atoms with Gasteiger partial charge in [0.1, 0.15) is 17.6 Å². The molecule has 0 bridgehead atoms. The molecule has 176 valence electrons. The molecule has 1 aromatic carbocycles. The Kier molecular flexibility index (Phi) is 6.80. The molecule has 2 aromatic heterocycles. The summed E-state index contributed by atoms with van der Waals surface area (Å²) >= 11 is 0. The Morgan fingerprint density at radius 2 is 1.85 bits per heavy atom. The van der Waals surface area contributed by atoms with Crippen LogP contribution in [-0.4, -0.2) is 57.2 Å². The highest BCUT2D eigenvalue weighted by Crippen LogP contribution is 2.35. The molecule has 0 aliphatic heterocycles. The molecule has 1 saturated carbocycles. The third-order valence-electron chi connectivity index (χ3n) is 6.14. The number of aromatic nitrogens is 3. The van der Waals surface area contributed by atoms with Gasteiger partial charge in [0.2, 0.25) is 0 Å². The quantitative estimate of drug-likeness (QED) is 0.505. The highest BCUT2D eigenvalue weighted by atomic mass is 16.5. The van der Waals surface area contributed by atoms with Gasteiger partial charge >= 0.3 is 5.97 Å². The Hall–Kier alpha value is -3.17. The maximum atomic E-state index is 11.5. The van der Waals surface area contributed by atoms with Gasteiger partial charge in [0.05, 0.1) is 26.4 Å². The average molecular weight is 456 g/mol. The zero-order valence-electron chi connectivity index (χ0n) is 19.0. The first kappa shape index (κ1) is 23.0. The van der Waals surface area contributed by atoms with Gasteiger partial charge in [-0.25, -0.2) is 14.3 Å². The normalized spacial score (nSPS) is 16.1. The molecule has 9 heteroatoms. The number of rotatable bonds is 9. The number of pyridine rings is 1. The number of fused-ring (bicyclic) bond motifs is 1. The summed E-state index contributed by atoms with van der Waals surface area (Å²) in [5.41, 5.74) is 1.89. The number of carboxylic acids is 1. The smallest absolute Gasteiger partial charge is 0.354 e. The monoisotopic (exact) mass is 455 g/mol. The van der Waals surface area contributed by atoms with Gasteiger partial charge in [-0.3, -0.25) is 0 Å². The number of aliphatic hydroxyl groups excluding tert-OH is 1. The molecular weight excluding hydrogens is 426 g/mol. The molecular formula is C24H29N3O6. The first-order valence-electron chi connectivity index (χ1n) is 11.0. The van der Waals surface area contributed by atoms with E-state index in [1.54, 1.807) is 38.5 Å². The fourth-order valence-corrected chi connectivity index (χ4v) is 4.38. The van der Waals surface area contributed by atoms with Crippen LogP contribution in [0.3, 0.4) is 0 Å². The van der Waals surface area contributed by atoms with Crippen LogP contribution in [0.1, 0.15) is 59.2 Å². The second-order valence-electron chi connectivity index (χ2n) is 8.29. The van der Waals surface area contributed by atoms with E-state index in [0.29, 0.717) is 28.5 Å². The van der Waals surface area contributed by atoms with Crippen molar-refractivity contribution in [2.75, 3.05) is 14.2 Å². The number of methoxy groups -OCH3 is 2. The Morgan fingerprint density at radius 1 is 1.18 bits per heavy atom. The van der Waals surface area contributed by atoms with E-state index < -0.39 is 18.2 Å². The van der Waals surface area contributed by atoms with Crippen molar-refractivity contribution in [2.24, 2.45) is 0 Å². The Balaban J connectivity index is 1.68. The minimum atomic E-state index is -1.09. The van der Waals surface area contributed by atoms with Crippen molar-refractivity contribution in [3.63, 3.8) is 0 Å². The number of aromatic carboxylic acids is 1. The standard InChI is InChI=1S/C24H29N3O6/c1-14-18(31-2)11-15(12-19(14)32-3)23(28)20(33-16-7-4-5-8-16)13-21-25-22-10-6-9-17(24(29)30)27(22)26-21/h6,9-12,16,20,23,28H,4-5,7-8,13H2,1-3H3,(H,29,30). The van der Waals surface area contributed by atoms with Crippen molar-refractivity contribution in [1.82, 2.24) is 14.6 Å². The van der Waals surface area contributed by atoms with E-state index in [1.165, 1.54) is 10.6 Å². The van der Waals surface area contributed by atoms with E-state index in [4.69, 9.17) is 14.2 Å². The van der Waals surface area contributed by atoms with Crippen molar-refractivity contribution in [3.05, 3.63) is 53.0 Å². The number of nitrogens with zero attached hydrogens (tertiary/aromatic N) is 3. The first-order chi connectivity index (χ1) is 15.9. The lowest BCUT2D eigenvalue weighted by atomic mass is 9.99. The molecule has 1 fully saturated rings. The lowest BCUT2D eigenvalue weighted by Gasteiger charge is -2.27. The largest absolute Gasteiger partial charge is 0.496 e. The maximum Gasteiger partial charge on any atom is 0.354 e. The minimum Gasteiger partial charge on any atom is -0.496 e. The van der Waals surface area contributed by atoms with Crippen LogP contribution in [-0.2, 0) is 11.2 Å². The molecule has 9 nitrogen and oxygen atoms in total. The van der Waals surface area contributed by atoms with E-state index in [1.807, 2.05) is 6.92 Å². The van der Waals surface area contributed by atoms with Gasteiger partial charge in [-0.2, -0.15) is 5.10 Å². The van der Waals surface area contributed by atoms with Crippen LogP contribution in [0.25, 0.3) is 5.65 Å². The lowest BCUT2D eigenvalue weighted by molar-refractivity contribution is -0.0761. The summed E-state index contributed by atoms with van der Waals surface area (Å²) in [4.78, 5) is 16.0. The molecule has 3 aromatic rings. The van der Waals surface area contributed by atoms with E-state index in [0.717, 1.165) is 31.2 Å². The lowest BCUT2D eigenvalue weighted by Crippen LogP contribution is -2.29. The summed E-state index contributed by atoms with van der Waals surface area (Å²) in [5.74, 6) is 0.534. The highest BCUT2D eigenvalue weighted by Gasteiger charge is 2.30. The summed E-state index contributed by atoms with van der Waals surface area (Å²) in [6.45, 7) is 1.89. The third-order valence-corrected chi connectivity index (χ3v) is 6.14. The fraction of sp³-hybridized carbons (Fsp3) is 0.458. The van der Waals surface area contributed by atoms with Crippen LogP contribution in [0.2, 0.25) is 0 Å². The number of hydrogen-bond donors (Lipinski definition) is 2. The van der Waals surface area contributed by atoms with Crippen LogP contribution in [0.15, 0.2) is 30.3 Å². The van der Waals surface area contributed by atoms with Crippen molar-refractivity contribution < 1.29 is 29.2 Å². The molecule has 1 aliphatic rings. The Labute approximate surface area is 191 Å². The molecule has 4 rings (SSSR count). The predicted octanol–water partition coefficient (Wildman–Crippen LogP) is 3.36. The van der Waals surface area contributed by atoms with Gasteiger partial charge < -0.3 is 24.4 Å². The number of aliphatic hydroxyl groups is 1. The van der Waals surface area contributed by atoms with Gasteiger partial charge in [0.25, 0.3) is 0 Å². The number of carbonyl (C=O) groups is 1. The van der Waals surface area contributed by atoms with E-state index in [-0.39, 0.29) is 18.2 Å². The molecule has 0 radical (unpaired) electrons.